The van der Waals surface area contributed by atoms with Crippen molar-refractivity contribution in [3.05, 3.63) is 36.9 Å². The molecular weight excluding hydrogens is 437 g/mol. The van der Waals surface area contributed by atoms with Gasteiger partial charge in [0, 0.05) is 57.0 Å². The van der Waals surface area contributed by atoms with Gasteiger partial charge in [0.25, 0.3) is 0 Å². The number of nitrogens with one attached hydrogen (secondary N) is 2. The predicted octanol–water partition coefficient (Wildman–Crippen LogP) is 3.63. The van der Waals surface area contributed by atoms with E-state index < -0.39 is 0 Å². The van der Waals surface area contributed by atoms with Gasteiger partial charge in [-0.3, -0.25) is 4.99 Å². The van der Waals surface area contributed by atoms with E-state index in [-0.39, 0.29) is 24.0 Å². The molecule has 24 heavy (non-hydrogen) atoms. The van der Waals surface area contributed by atoms with Crippen LogP contribution in [-0.2, 0) is 4.74 Å². The summed E-state index contributed by atoms with van der Waals surface area (Å²) in [6, 6.07) is 7.86. The van der Waals surface area contributed by atoms with Crippen molar-refractivity contribution in [1.82, 2.24) is 5.32 Å². The molecule has 0 unspecified atom stereocenters. The molecular formula is C17H28IN3O2S. The Hall–Kier alpha value is -0.930. The van der Waals surface area contributed by atoms with Crippen LogP contribution in [-0.4, -0.2) is 51.4 Å². The van der Waals surface area contributed by atoms with Crippen LogP contribution >= 0.6 is 35.7 Å². The van der Waals surface area contributed by atoms with Crippen molar-refractivity contribution in [2.45, 2.75) is 6.42 Å². The average Bonchev–Trinajstić information content (AvgIpc) is 2.58. The summed E-state index contributed by atoms with van der Waals surface area (Å²) in [6.07, 6.45) is 2.79. The van der Waals surface area contributed by atoms with E-state index in [4.69, 9.17) is 9.47 Å². The molecule has 2 N–H and O–H groups in total. The van der Waals surface area contributed by atoms with Crippen LogP contribution in [0.4, 0.5) is 5.69 Å². The number of anilines is 1. The number of methoxy groups -OCH3 is 1. The maximum Gasteiger partial charge on any atom is 0.195 e. The fraction of sp³-hybridized carbons (Fsp3) is 0.471. The Balaban J connectivity index is 0.00000529. The standard InChI is InChI=1S/C17H27N3O2S.HI/c1-4-12-23-13-9-19-17(18-2)20-15-7-5-8-16(14-15)22-11-6-10-21-3;/h4-5,7-8,14H,1,6,9-13H2,2-3H3,(H2,18,19,20);1H. The molecule has 0 radical (unpaired) electrons. The highest BCUT2D eigenvalue weighted by Crippen LogP contribution is 2.17. The van der Waals surface area contributed by atoms with Crippen LogP contribution in [0, 0.1) is 0 Å². The van der Waals surface area contributed by atoms with Gasteiger partial charge in [-0.1, -0.05) is 12.1 Å². The van der Waals surface area contributed by atoms with Crippen LogP contribution in [0.1, 0.15) is 6.42 Å². The number of hydrogen-bond donors (Lipinski definition) is 2. The van der Waals surface area contributed by atoms with Gasteiger partial charge in [0.05, 0.1) is 6.61 Å². The van der Waals surface area contributed by atoms with Crippen molar-refractivity contribution in [1.29, 1.82) is 0 Å². The molecule has 7 heteroatoms. The normalized spacial score (nSPS) is 10.7. The van der Waals surface area contributed by atoms with Crippen LogP contribution in [0.2, 0.25) is 0 Å². The number of halogens is 1. The Labute approximate surface area is 166 Å². The first-order chi connectivity index (χ1) is 11.3. The van der Waals surface area contributed by atoms with Crippen LogP contribution in [0.5, 0.6) is 5.75 Å². The maximum atomic E-state index is 5.70. The molecule has 0 aliphatic heterocycles. The first kappa shape index (κ1) is 23.1. The Kier molecular flexibility index (Phi) is 15.0. The number of guanidine groups is 1. The highest BCUT2D eigenvalue weighted by molar-refractivity contribution is 14.0. The summed E-state index contributed by atoms with van der Waals surface area (Å²) in [5.41, 5.74) is 0.945. The summed E-state index contributed by atoms with van der Waals surface area (Å²) in [7, 11) is 3.45. The molecule has 0 aliphatic carbocycles. The molecule has 1 aromatic rings. The maximum absolute atomic E-state index is 5.70. The zero-order valence-corrected chi connectivity index (χ0v) is 17.6. The minimum atomic E-state index is 0. The Morgan fingerprint density at radius 3 is 2.92 bits per heavy atom. The molecule has 1 rings (SSSR count). The summed E-state index contributed by atoms with van der Waals surface area (Å²) in [6.45, 7) is 5.91. The Morgan fingerprint density at radius 2 is 2.21 bits per heavy atom. The summed E-state index contributed by atoms with van der Waals surface area (Å²) < 4.78 is 10.7. The van der Waals surface area contributed by atoms with Crippen molar-refractivity contribution < 1.29 is 9.47 Å². The summed E-state index contributed by atoms with van der Waals surface area (Å²) >= 11 is 1.83. The predicted molar refractivity (Wildman–Crippen MR) is 116 cm³/mol. The molecule has 0 atom stereocenters. The second-order valence-electron chi connectivity index (χ2n) is 4.71. The molecule has 1 aromatic carbocycles. The van der Waals surface area contributed by atoms with Gasteiger partial charge in [0.15, 0.2) is 5.96 Å². The number of aliphatic imine (C=N–C) groups is 1. The first-order valence-electron chi connectivity index (χ1n) is 7.68. The topological polar surface area (TPSA) is 54.9 Å². The molecule has 0 heterocycles. The largest absolute Gasteiger partial charge is 0.493 e. The molecule has 0 bridgehead atoms. The third-order valence-electron chi connectivity index (χ3n) is 2.86. The number of hydrogen-bond acceptors (Lipinski definition) is 4. The fourth-order valence-electron chi connectivity index (χ4n) is 1.78. The smallest absolute Gasteiger partial charge is 0.195 e. The second-order valence-corrected chi connectivity index (χ2v) is 5.86. The minimum absolute atomic E-state index is 0. The van der Waals surface area contributed by atoms with Gasteiger partial charge in [0.2, 0.25) is 0 Å². The lowest BCUT2D eigenvalue weighted by molar-refractivity contribution is 0.172. The van der Waals surface area contributed by atoms with Crippen LogP contribution < -0.4 is 15.4 Å². The molecule has 5 nitrogen and oxygen atoms in total. The number of thioether (sulfide) groups is 1. The van der Waals surface area contributed by atoms with E-state index in [0.717, 1.165) is 41.9 Å². The van der Waals surface area contributed by atoms with Crippen molar-refractivity contribution in [2.24, 2.45) is 4.99 Å². The molecule has 0 saturated heterocycles. The van der Waals surface area contributed by atoms with Gasteiger partial charge in [-0.2, -0.15) is 11.8 Å². The third kappa shape index (κ3) is 10.8. The molecule has 0 aromatic heterocycles. The minimum Gasteiger partial charge on any atom is -0.493 e. The van der Waals surface area contributed by atoms with E-state index in [1.165, 1.54) is 0 Å². The molecule has 136 valence electrons. The van der Waals surface area contributed by atoms with Gasteiger partial charge in [0.1, 0.15) is 5.75 Å². The second kappa shape index (κ2) is 15.6. The highest BCUT2D eigenvalue weighted by atomic mass is 127. The Morgan fingerprint density at radius 1 is 1.38 bits per heavy atom. The van der Waals surface area contributed by atoms with Gasteiger partial charge < -0.3 is 20.1 Å². The SMILES string of the molecule is C=CCSCCNC(=NC)Nc1cccc(OCCCOC)c1.I. The van der Waals surface area contributed by atoms with Crippen molar-refractivity contribution in [3.8, 4) is 5.75 Å². The van der Waals surface area contributed by atoms with Gasteiger partial charge in [-0.05, 0) is 12.1 Å². The van der Waals surface area contributed by atoms with Crippen LogP contribution in [0.15, 0.2) is 41.9 Å². The van der Waals surface area contributed by atoms with Crippen molar-refractivity contribution in [2.75, 3.05) is 50.7 Å². The monoisotopic (exact) mass is 465 g/mol. The molecule has 0 spiro atoms. The van der Waals surface area contributed by atoms with Gasteiger partial charge in [-0.25, -0.2) is 0 Å². The zero-order valence-electron chi connectivity index (χ0n) is 14.4. The molecule has 0 amide bonds. The number of benzene rings is 1. The molecule has 0 fully saturated rings. The lowest BCUT2D eigenvalue weighted by atomic mass is 10.3. The van der Waals surface area contributed by atoms with E-state index in [1.807, 2.05) is 42.1 Å². The average molecular weight is 465 g/mol. The molecule has 0 aliphatic rings. The Bertz CT molecular complexity index is 487. The van der Waals surface area contributed by atoms with Gasteiger partial charge >= 0.3 is 0 Å². The van der Waals surface area contributed by atoms with Crippen molar-refractivity contribution >= 4 is 47.4 Å². The molecule has 0 saturated carbocycles. The third-order valence-corrected chi connectivity index (χ3v) is 3.82. The zero-order chi connectivity index (χ0) is 16.8. The number of ether oxygens (including phenoxy) is 2. The first-order valence-corrected chi connectivity index (χ1v) is 8.83. The lowest BCUT2D eigenvalue weighted by Gasteiger charge is -2.13. The number of rotatable bonds is 11. The summed E-state index contributed by atoms with van der Waals surface area (Å²) in [5.74, 6) is 3.56. The summed E-state index contributed by atoms with van der Waals surface area (Å²) in [4.78, 5) is 4.22. The van der Waals surface area contributed by atoms with Crippen LogP contribution in [0.25, 0.3) is 0 Å². The number of nitrogens with zero attached hydrogens (tertiary/aromatic N) is 1. The van der Waals surface area contributed by atoms with E-state index in [0.29, 0.717) is 13.2 Å². The van der Waals surface area contributed by atoms with Crippen molar-refractivity contribution in [3.63, 3.8) is 0 Å². The van der Waals surface area contributed by atoms with Gasteiger partial charge in [-0.15, -0.1) is 30.6 Å². The highest BCUT2D eigenvalue weighted by Gasteiger charge is 2.01. The van der Waals surface area contributed by atoms with E-state index >= 15 is 0 Å². The van der Waals surface area contributed by atoms with Crippen LogP contribution in [0.3, 0.4) is 0 Å². The lowest BCUT2D eigenvalue weighted by Crippen LogP contribution is -2.32. The van der Waals surface area contributed by atoms with E-state index in [9.17, 15) is 0 Å². The van der Waals surface area contributed by atoms with E-state index in [1.54, 1.807) is 14.2 Å². The van der Waals surface area contributed by atoms with E-state index in [2.05, 4.69) is 22.2 Å². The fourth-order valence-corrected chi connectivity index (χ4v) is 2.36. The summed E-state index contributed by atoms with van der Waals surface area (Å²) in [5, 5.41) is 6.55. The quantitative estimate of drug-likeness (QED) is 0.172.